The first-order chi connectivity index (χ1) is 10.8. The van der Waals surface area contributed by atoms with E-state index in [1.807, 2.05) is 26.8 Å². The molecule has 1 unspecified atom stereocenters. The number of aromatic nitrogens is 2. The number of H-pyrrole nitrogens is 1. The highest BCUT2D eigenvalue weighted by molar-refractivity contribution is 6.29. The monoisotopic (exact) mass is 335 g/mol. The number of hydrogen-bond donors (Lipinski definition) is 1. The van der Waals surface area contributed by atoms with E-state index in [1.54, 1.807) is 11.0 Å². The number of likely N-dealkylation sites (tertiary alicyclic amines) is 1. The van der Waals surface area contributed by atoms with Crippen molar-refractivity contribution < 1.29 is 9.53 Å². The van der Waals surface area contributed by atoms with E-state index in [0.717, 1.165) is 36.1 Å². The summed E-state index contributed by atoms with van der Waals surface area (Å²) in [7, 11) is 0. The third-order valence-corrected chi connectivity index (χ3v) is 4.19. The minimum absolute atomic E-state index is 0.237. The molecule has 0 bridgehead atoms. The van der Waals surface area contributed by atoms with Gasteiger partial charge < -0.3 is 14.6 Å². The summed E-state index contributed by atoms with van der Waals surface area (Å²) >= 11 is 5.94. The van der Waals surface area contributed by atoms with Crippen LogP contribution in [-0.4, -0.2) is 39.7 Å². The Kier molecular flexibility index (Phi) is 4.23. The number of carbonyl (C=O) groups excluding carboxylic acids is 1. The number of ether oxygens (including phenoxy) is 1. The average Bonchev–Trinajstić information content (AvgIpc) is 2.88. The summed E-state index contributed by atoms with van der Waals surface area (Å²) in [6.07, 6.45) is 1.77. The van der Waals surface area contributed by atoms with Crippen LogP contribution < -0.4 is 0 Å². The smallest absolute Gasteiger partial charge is 0.410 e. The van der Waals surface area contributed by atoms with Gasteiger partial charge in [-0.15, -0.1) is 0 Å². The molecule has 1 amide bonds. The van der Waals surface area contributed by atoms with Crippen LogP contribution in [0.1, 0.15) is 45.2 Å². The maximum Gasteiger partial charge on any atom is 0.410 e. The van der Waals surface area contributed by atoms with E-state index < -0.39 is 5.60 Å². The lowest BCUT2D eigenvalue weighted by Gasteiger charge is -2.33. The Morgan fingerprint density at radius 2 is 2.22 bits per heavy atom. The van der Waals surface area contributed by atoms with E-state index in [4.69, 9.17) is 16.3 Å². The molecule has 2 aromatic rings. The number of hydrogen-bond acceptors (Lipinski definition) is 3. The average molecular weight is 336 g/mol. The molecule has 0 radical (unpaired) electrons. The molecule has 1 saturated heterocycles. The fraction of sp³-hybridized carbons (Fsp3) is 0.529. The molecule has 2 aromatic heterocycles. The maximum atomic E-state index is 12.3. The first kappa shape index (κ1) is 16.1. The van der Waals surface area contributed by atoms with Crippen LogP contribution in [0.15, 0.2) is 18.2 Å². The molecule has 0 saturated carbocycles. The SMILES string of the molecule is CC(C)(C)OC(=O)N1CCCC(c2cc3ccc(Cl)nc3[nH]2)C1. The number of pyridine rings is 1. The third kappa shape index (κ3) is 3.78. The number of nitrogens with zero attached hydrogens (tertiary/aromatic N) is 2. The summed E-state index contributed by atoms with van der Waals surface area (Å²) in [6.45, 7) is 7.07. The van der Waals surface area contributed by atoms with Crippen LogP contribution in [0.5, 0.6) is 0 Å². The number of aromatic amines is 1. The van der Waals surface area contributed by atoms with Crippen molar-refractivity contribution in [3.8, 4) is 0 Å². The van der Waals surface area contributed by atoms with Crippen LogP contribution >= 0.6 is 11.6 Å². The number of piperidine rings is 1. The standard InChI is InChI=1S/C17H22ClN3O2/c1-17(2,3)23-16(22)21-8-4-5-12(10-21)13-9-11-6-7-14(18)20-15(11)19-13/h6-7,9,12H,4-5,8,10H2,1-3H3,(H,19,20). The number of carbonyl (C=O) groups is 1. The van der Waals surface area contributed by atoms with Crippen molar-refractivity contribution in [3.63, 3.8) is 0 Å². The lowest BCUT2D eigenvalue weighted by Crippen LogP contribution is -2.42. The van der Waals surface area contributed by atoms with E-state index in [2.05, 4.69) is 16.0 Å². The quantitative estimate of drug-likeness (QED) is 0.789. The Morgan fingerprint density at radius 3 is 2.96 bits per heavy atom. The molecular formula is C17H22ClN3O2. The molecule has 1 atom stereocenters. The summed E-state index contributed by atoms with van der Waals surface area (Å²) in [6, 6.07) is 5.84. The molecule has 0 spiro atoms. The van der Waals surface area contributed by atoms with Crippen LogP contribution in [0.3, 0.4) is 0 Å². The Balaban J connectivity index is 1.75. The summed E-state index contributed by atoms with van der Waals surface area (Å²) in [4.78, 5) is 21.7. The molecule has 3 rings (SSSR count). The topological polar surface area (TPSA) is 58.2 Å². The van der Waals surface area contributed by atoms with Crippen molar-refractivity contribution in [1.82, 2.24) is 14.9 Å². The molecule has 23 heavy (non-hydrogen) atoms. The van der Waals surface area contributed by atoms with Gasteiger partial charge in [0.25, 0.3) is 0 Å². The summed E-state index contributed by atoms with van der Waals surface area (Å²) in [5.74, 6) is 0.268. The van der Waals surface area contributed by atoms with Crippen LogP contribution in [0.2, 0.25) is 5.15 Å². The second kappa shape index (κ2) is 6.04. The molecule has 1 fully saturated rings. The first-order valence-electron chi connectivity index (χ1n) is 7.95. The van der Waals surface area contributed by atoms with Gasteiger partial charge in [0.15, 0.2) is 0 Å². The summed E-state index contributed by atoms with van der Waals surface area (Å²) in [5, 5.41) is 1.52. The number of nitrogens with one attached hydrogen (secondary N) is 1. The predicted molar refractivity (Wildman–Crippen MR) is 90.9 cm³/mol. The van der Waals surface area contributed by atoms with Crippen molar-refractivity contribution in [2.24, 2.45) is 0 Å². The lowest BCUT2D eigenvalue weighted by atomic mass is 9.95. The number of fused-ring (bicyclic) bond motifs is 1. The van der Waals surface area contributed by atoms with Gasteiger partial charge in [0.05, 0.1) is 0 Å². The van der Waals surface area contributed by atoms with Gasteiger partial charge in [0, 0.05) is 30.1 Å². The fourth-order valence-electron chi connectivity index (χ4n) is 2.95. The Hall–Kier alpha value is -1.75. The minimum Gasteiger partial charge on any atom is -0.444 e. The second-order valence-corrected chi connectivity index (χ2v) is 7.45. The van der Waals surface area contributed by atoms with Gasteiger partial charge in [-0.3, -0.25) is 0 Å². The molecule has 5 nitrogen and oxygen atoms in total. The third-order valence-electron chi connectivity index (χ3n) is 3.98. The van der Waals surface area contributed by atoms with Crippen molar-refractivity contribution in [1.29, 1.82) is 0 Å². The Labute approximate surface area is 141 Å². The highest BCUT2D eigenvalue weighted by Crippen LogP contribution is 2.29. The van der Waals surface area contributed by atoms with E-state index in [1.165, 1.54) is 0 Å². The molecular weight excluding hydrogens is 314 g/mol. The van der Waals surface area contributed by atoms with Gasteiger partial charge >= 0.3 is 6.09 Å². The zero-order chi connectivity index (χ0) is 16.6. The number of halogens is 1. The van der Waals surface area contributed by atoms with Gasteiger partial charge in [0.1, 0.15) is 16.4 Å². The molecule has 6 heteroatoms. The Bertz CT molecular complexity index is 720. The van der Waals surface area contributed by atoms with Crippen molar-refractivity contribution in [2.45, 2.75) is 45.1 Å². The van der Waals surface area contributed by atoms with Gasteiger partial charge in [-0.05, 0) is 51.8 Å². The molecule has 0 aromatic carbocycles. The molecule has 0 aliphatic carbocycles. The van der Waals surface area contributed by atoms with Crippen molar-refractivity contribution in [2.75, 3.05) is 13.1 Å². The van der Waals surface area contributed by atoms with Crippen LogP contribution in [0, 0.1) is 0 Å². The van der Waals surface area contributed by atoms with Gasteiger partial charge in [-0.2, -0.15) is 0 Å². The summed E-state index contributed by atoms with van der Waals surface area (Å²) in [5.41, 5.74) is 1.43. The normalized spacial score (nSPS) is 19.1. The van der Waals surface area contributed by atoms with Crippen LogP contribution in [0.25, 0.3) is 11.0 Å². The molecule has 124 valence electrons. The molecule has 1 aliphatic heterocycles. The van der Waals surface area contributed by atoms with E-state index >= 15 is 0 Å². The molecule has 1 aliphatic rings. The molecule has 1 N–H and O–H groups in total. The zero-order valence-corrected chi connectivity index (χ0v) is 14.5. The van der Waals surface area contributed by atoms with Crippen molar-refractivity contribution in [3.05, 3.63) is 29.0 Å². The predicted octanol–water partition coefficient (Wildman–Crippen LogP) is 4.33. The Morgan fingerprint density at radius 1 is 1.43 bits per heavy atom. The van der Waals surface area contributed by atoms with Crippen LogP contribution in [0.4, 0.5) is 4.79 Å². The molecule has 3 heterocycles. The zero-order valence-electron chi connectivity index (χ0n) is 13.7. The van der Waals surface area contributed by atoms with E-state index in [-0.39, 0.29) is 12.0 Å². The first-order valence-corrected chi connectivity index (χ1v) is 8.33. The summed E-state index contributed by atoms with van der Waals surface area (Å²) < 4.78 is 5.48. The largest absolute Gasteiger partial charge is 0.444 e. The highest BCUT2D eigenvalue weighted by Gasteiger charge is 2.29. The van der Waals surface area contributed by atoms with E-state index in [9.17, 15) is 4.79 Å². The minimum atomic E-state index is -0.466. The highest BCUT2D eigenvalue weighted by atomic mass is 35.5. The van der Waals surface area contributed by atoms with Crippen LogP contribution in [-0.2, 0) is 4.74 Å². The lowest BCUT2D eigenvalue weighted by molar-refractivity contribution is 0.0197. The second-order valence-electron chi connectivity index (χ2n) is 7.06. The van der Waals surface area contributed by atoms with Gasteiger partial charge in [-0.1, -0.05) is 11.6 Å². The van der Waals surface area contributed by atoms with E-state index in [0.29, 0.717) is 11.7 Å². The number of amides is 1. The van der Waals surface area contributed by atoms with Gasteiger partial charge in [0.2, 0.25) is 0 Å². The van der Waals surface area contributed by atoms with Crippen molar-refractivity contribution >= 4 is 28.7 Å². The maximum absolute atomic E-state index is 12.3. The number of rotatable bonds is 1. The van der Waals surface area contributed by atoms with Gasteiger partial charge in [-0.25, -0.2) is 9.78 Å². The fourth-order valence-corrected chi connectivity index (χ4v) is 3.09.